The van der Waals surface area contributed by atoms with Gasteiger partial charge in [0.25, 0.3) is 0 Å². The molecule has 1 aliphatic heterocycles. The first-order valence-electron chi connectivity index (χ1n) is 9.03. The van der Waals surface area contributed by atoms with Crippen LogP contribution < -0.4 is 4.72 Å². The fourth-order valence-corrected chi connectivity index (χ4v) is 6.58. The Morgan fingerprint density at radius 3 is 2.64 bits per heavy atom. The molecule has 1 aliphatic carbocycles. The topological polar surface area (TPSA) is 86.7 Å². The predicted octanol–water partition coefficient (Wildman–Crippen LogP) is 2.77. The van der Waals surface area contributed by atoms with Crippen LogP contribution in [0.1, 0.15) is 54.6 Å². The van der Waals surface area contributed by atoms with Gasteiger partial charge in [-0.3, -0.25) is 0 Å². The number of likely N-dealkylation sites (tertiary alicyclic amines) is 1. The number of thiophene rings is 1. The molecule has 1 aromatic heterocycles. The molecule has 2 aliphatic rings. The maximum Gasteiger partial charge on any atom is 0.347 e. The third-order valence-electron chi connectivity index (χ3n) is 5.27. The van der Waals surface area contributed by atoms with Crippen LogP contribution in [0.5, 0.6) is 0 Å². The van der Waals surface area contributed by atoms with Gasteiger partial charge in [0.2, 0.25) is 10.0 Å². The van der Waals surface area contributed by atoms with E-state index in [-0.39, 0.29) is 15.8 Å². The van der Waals surface area contributed by atoms with Gasteiger partial charge in [-0.15, -0.1) is 11.3 Å². The van der Waals surface area contributed by atoms with Crippen LogP contribution >= 0.6 is 11.3 Å². The Morgan fingerprint density at radius 2 is 1.92 bits per heavy atom. The maximum atomic E-state index is 12.7. The zero-order chi connectivity index (χ0) is 17.9. The average molecular weight is 387 g/mol. The highest BCUT2D eigenvalue weighted by atomic mass is 32.2. The predicted molar refractivity (Wildman–Crippen MR) is 97.6 cm³/mol. The molecule has 3 rings (SSSR count). The van der Waals surface area contributed by atoms with Gasteiger partial charge in [0.15, 0.2) is 0 Å². The van der Waals surface area contributed by atoms with Gasteiger partial charge in [0.05, 0.1) is 0 Å². The normalized spacial score (nSPS) is 25.8. The van der Waals surface area contributed by atoms with E-state index in [1.165, 1.54) is 30.7 Å². The Kier molecular flexibility index (Phi) is 6.14. The van der Waals surface area contributed by atoms with Crippen LogP contribution in [-0.4, -0.2) is 50.1 Å². The summed E-state index contributed by atoms with van der Waals surface area (Å²) in [7, 11) is -3.80. The van der Waals surface area contributed by atoms with Crippen molar-refractivity contribution in [2.75, 3.05) is 19.6 Å². The zero-order valence-electron chi connectivity index (χ0n) is 14.3. The summed E-state index contributed by atoms with van der Waals surface area (Å²) < 4.78 is 28.3. The maximum absolute atomic E-state index is 12.7. The number of sulfonamides is 1. The number of nitrogens with zero attached hydrogens (tertiary/aromatic N) is 1. The summed E-state index contributed by atoms with van der Waals surface area (Å²) in [6, 6.07) is 1.28. The van der Waals surface area contributed by atoms with Crippen molar-refractivity contribution < 1.29 is 18.3 Å². The first-order chi connectivity index (χ1) is 12.0. The standard InChI is InChI=1S/C17H26N2O4S2/c20-17(21)16-15(8-11-24-16)25(22,23)18-14-7-3-2-6-13(14)12-19-9-4-1-5-10-19/h8,11,13-14,18H,1-7,9-10,12H2,(H,20,21). The molecule has 0 bridgehead atoms. The van der Waals surface area contributed by atoms with Gasteiger partial charge in [-0.25, -0.2) is 17.9 Å². The van der Waals surface area contributed by atoms with Crippen LogP contribution in [0.4, 0.5) is 0 Å². The molecule has 1 saturated heterocycles. The highest BCUT2D eigenvalue weighted by Crippen LogP contribution is 2.29. The minimum Gasteiger partial charge on any atom is -0.477 e. The van der Waals surface area contributed by atoms with Crippen molar-refractivity contribution in [3.63, 3.8) is 0 Å². The lowest BCUT2D eigenvalue weighted by atomic mass is 9.84. The molecule has 0 amide bonds. The lowest BCUT2D eigenvalue weighted by molar-refractivity contribution is 0.0698. The number of piperidine rings is 1. The van der Waals surface area contributed by atoms with E-state index in [2.05, 4.69) is 9.62 Å². The average Bonchev–Trinajstić information content (AvgIpc) is 3.08. The van der Waals surface area contributed by atoms with Crippen LogP contribution in [0.3, 0.4) is 0 Å². The Hall–Kier alpha value is -0.960. The van der Waals surface area contributed by atoms with Crippen LogP contribution in [0.25, 0.3) is 0 Å². The molecule has 140 valence electrons. The number of carbonyl (C=O) groups is 1. The Bertz CT molecular complexity index is 695. The van der Waals surface area contributed by atoms with Crippen molar-refractivity contribution in [2.24, 2.45) is 5.92 Å². The second kappa shape index (κ2) is 8.16. The number of nitrogens with one attached hydrogen (secondary N) is 1. The molecule has 2 N–H and O–H groups in total. The van der Waals surface area contributed by atoms with Crippen LogP contribution in [-0.2, 0) is 10.0 Å². The van der Waals surface area contributed by atoms with Gasteiger partial charge < -0.3 is 10.0 Å². The SMILES string of the molecule is O=C(O)c1sccc1S(=O)(=O)NC1CCCCC1CN1CCCCC1. The molecule has 6 nitrogen and oxygen atoms in total. The van der Waals surface area contributed by atoms with Gasteiger partial charge in [0.1, 0.15) is 9.77 Å². The van der Waals surface area contributed by atoms with E-state index in [1.54, 1.807) is 0 Å². The van der Waals surface area contributed by atoms with E-state index in [4.69, 9.17) is 0 Å². The lowest BCUT2D eigenvalue weighted by Crippen LogP contribution is -2.47. The van der Waals surface area contributed by atoms with Crippen molar-refractivity contribution in [1.29, 1.82) is 0 Å². The molecule has 1 saturated carbocycles. The molecule has 1 aromatic rings. The molecule has 2 atom stereocenters. The van der Waals surface area contributed by atoms with Gasteiger partial charge >= 0.3 is 5.97 Å². The van der Waals surface area contributed by atoms with Crippen LogP contribution in [0, 0.1) is 5.92 Å². The van der Waals surface area contributed by atoms with Crippen molar-refractivity contribution in [1.82, 2.24) is 9.62 Å². The van der Waals surface area contributed by atoms with E-state index in [0.29, 0.717) is 5.92 Å². The molecule has 0 radical (unpaired) electrons. The summed E-state index contributed by atoms with van der Waals surface area (Å²) in [5, 5.41) is 10.7. The fourth-order valence-electron chi connectivity index (χ4n) is 3.98. The first-order valence-corrected chi connectivity index (χ1v) is 11.4. The van der Waals surface area contributed by atoms with E-state index in [9.17, 15) is 18.3 Å². The molecule has 2 fully saturated rings. The highest BCUT2D eigenvalue weighted by Gasteiger charge is 2.33. The summed E-state index contributed by atoms with van der Waals surface area (Å²) in [6.45, 7) is 3.13. The minimum absolute atomic E-state index is 0.104. The molecule has 8 heteroatoms. The van der Waals surface area contributed by atoms with Crippen LogP contribution in [0.2, 0.25) is 0 Å². The van der Waals surface area contributed by atoms with E-state index in [0.717, 1.165) is 56.7 Å². The van der Waals surface area contributed by atoms with Crippen molar-refractivity contribution in [3.8, 4) is 0 Å². The summed E-state index contributed by atoms with van der Waals surface area (Å²) in [6.07, 6.45) is 7.73. The third kappa shape index (κ3) is 4.61. The third-order valence-corrected chi connectivity index (χ3v) is 7.83. The van der Waals surface area contributed by atoms with E-state index < -0.39 is 16.0 Å². The number of carboxylic acid groups (broad SMARTS) is 1. The summed E-state index contributed by atoms with van der Waals surface area (Å²) in [4.78, 5) is 13.5. The Labute approximate surface area is 153 Å². The fraction of sp³-hybridized carbons (Fsp3) is 0.706. The second-order valence-corrected chi connectivity index (χ2v) is 9.65. The largest absolute Gasteiger partial charge is 0.477 e. The summed E-state index contributed by atoms with van der Waals surface area (Å²) in [5.74, 6) is -0.891. The molecule has 25 heavy (non-hydrogen) atoms. The van der Waals surface area contributed by atoms with Gasteiger partial charge in [-0.2, -0.15) is 0 Å². The van der Waals surface area contributed by atoms with Gasteiger partial charge in [-0.1, -0.05) is 19.3 Å². The molecule has 0 spiro atoms. The van der Waals surface area contributed by atoms with E-state index >= 15 is 0 Å². The second-order valence-electron chi connectivity index (χ2n) is 7.05. The van der Waals surface area contributed by atoms with Crippen LogP contribution in [0.15, 0.2) is 16.3 Å². The molecule has 0 aromatic carbocycles. The first kappa shape index (κ1) is 18.8. The zero-order valence-corrected chi connectivity index (χ0v) is 15.9. The summed E-state index contributed by atoms with van der Waals surface area (Å²) in [5.41, 5.74) is 0. The number of carboxylic acids is 1. The number of hydrogen-bond donors (Lipinski definition) is 2. The Morgan fingerprint density at radius 1 is 1.20 bits per heavy atom. The van der Waals surface area contributed by atoms with Gasteiger partial charge in [-0.05, 0) is 56.1 Å². The molecular weight excluding hydrogens is 360 g/mol. The summed E-state index contributed by atoms with van der Waals surface area (Å²) >= 11 is 0.949. The number of aromatic carboxylic acids is 1. The smallest absolute Gasteiger partial charge is 0.347 e. The highest BCUT2D eigenvalue weighted by molar-refractivity contribution is 7.89. The van der Waals surface area contributed by atoms with Gasteiger partial charge in [0, 0.05) is 12.6 Å². The Balaban J connectivity index is 1.71. The monoisotopic (exact) mass is 386 g/mol. The van der Waals surface area contributed by atoms with Crippen molar-refractivity contribution in [2.45, 2.75) is 55.9 Å². The number of hydrogen-bond acceptors (Lipinski definition) is 5. The van der Waals surface area contributed by atoms with Crippen molar-refractivity contribution in [3.05, 3.63) is 16.3 Å². The van der Waals surface area contributed by atoms with E-state index in [1.807, 2.05) is 0 Å². The number of rotatable bonds is 6. The molecular formula is C17H26N2O4S2. The molecule has 2 unspecified atom stereocenters. The van der Waals surface area contributed by atoms with Crippen molar-refractivity contribution >= 4 is 27.3 Å². The minimum atomic E-state index is -3.80. The quantitative estimate of drug-likeness (QED) is 0.785. The molecule has 2 heterocycles. The lowest BCUT2D eigenvalue weighted by Gasteiger charge is -2.37.